The maximum Gasteiger partial charge on any atom is 0.344 e. The highest BCUT2D eigenvalue weighted by Crippen LogP contribution is 2.12. The monoisotopic (exact) mass is 180 g/mol. The fourth-order valence-electron chi connectivity index (χ4n) is 1.01. The Kier molecular flexibility index (Phi) is 2.14. The van der Waals surface area contributed by atoms with E-state index in [1.807, 2.05) is 0 Å². The molecule has 0 aromatic rings. The lowest BCUT2D eigenvalue weighted by atomic mass is 10.3. The number of hydrogen-bond donors (Lipinski definition) is 0. The van der Waals surface area contributed by atoms with Gasteiger partial charge in [-0.3, -0.25) is 0 Å². The van der Waals surface area contributed by atoms with Crippen molar-refractivity contribution in [2.45, 2.75) is 12.4 Å². The Hall–Kier alpha value is -1.55. The number of ether oxygens (including phenoxy) is 3. The van der Waals surface area contributed by atoms with E-state index < -0.39 is 18.4 Å². The van der Waals surface area contributed by atoms with Crippen LogP contribution in [0.3, 0.4) is 0 Å². The fourth-order valence-corrected chi connectivity index (χ4v) is 1.01. The zero-order valence-corrected chi connectivity index (χ0v) is 6.75. The second-order valence-electron chi connectivity index (χ2n) is 2.54. The van der Waals surface area contributed by atoms with E-state index in [-0.39, 0.29) is 0 Å². The van der Waals surface area contributed by atoms with Crippen LogP contribution < -0.4 is 0 Å². The van der Waals surface area contributed by atoms with Crippen LogP contribution in [0.5, 0.6) is 0 Å². The quantitative estimate of drug-likeness (QED) is 0.591. The van der Waals surface area contributed by atoms with E-state index in [2.05, 4.69) is 4.74 Å². The van der Waals surface area contributed by atoms with Crippen molar-refractivity contribution in [1.29, 1.82) is 0 Å². The molecule has 2 aliphatic rings. The Morgan fingerprint density at radius 3 is 2.77 bits per heavy atom. The largest absolute Gasteiger partial charge is 0.469 e. The van der Waals surface area contributed by atoms with Gasteiger partial charge >= 0.3 is 5.97 Å². The van der Waals surface area contributed by atoms with Gasteiger partial charge in [-0.15, -0.1) is 0 Å². The van der Waals surface area contributed by atoms with Crippen LogP contribution in [0.2, 0.25) is 0 Å². The third kappa shape index (κ3) is 1.78. The van der Waals surface area contributed by atoms with Crippen molar-refractivity contribution in [3.8, 4) is 0 Å². The second kappa shape index (κ2) is 3.45. The molecule has 13 heavy (non-hydrogen) atoms. The van der Waals surface area contributed by atoms with Crippen LogP contribution in [-0.2, 0) is 19.0 Å². The van der Waals surface area contributed by atoms with Gasteiger partial charge in [-0.05, 0) is 18.2 Å². The van der Waals surface area contributed by atoms with Crippen molar-refractivity contribution >= 4 is 5.97 Å². The third-order valence-corrected chi connectivity index (χ3v) is 1.62. The molecule has 2 rings (SSSR count). The van der Waals surface area contributed by atoms with Crippen molar-refractivity contribution in [2.75, 3.05) is 0 Å². The van der Waals surface area contributed by atoms with Gasteiger partial charge in [-0.25, -0.2) is 4.79 Å². The topological polar surface area (TPSA) is 44.8 Å². The summed E-state index contributed by atoms with van der Waals surface area (Å²) < 4.78 is 14.9. The lowest BCUT2D eigenvalue weighted by molar-refractivity contribution is -0.157. The molecule has 2 atom stereocenters. The summed E-state index contributed by atoms with van der Waals surface area (Å²) in [6, 6.07) is 0. The van der Waals surface area contributed by atoms with Gasteiger partial charge in [0.15, 0.2) is 6.10 Å². The van der Waals surface area contributed by atoms with Crippen molar-refractivity contribution in [3.63, 3.8) is 0 Å². The van der Waals surface area contributed by atoms with Gasteiger partial charge in [-0.1, -0.05) is 6.08 Å². The predicted molar refractivity (Wildman–Crippen MR) is 43.3 cm³/mol. The summed E-state index contributed by atoms with van der Waals surface area (Å²) in [4.78, 5) is 10.9. The molecule has 68 valence electrons. The number of allylic oxidation sites excluding steroid dienone is 2. The maximum atomic E-state index is 10.9. The van der Waals surface area contributed by atoms with E-state index in [1.54, 1.807) is 18.2 Å². The van der Waals surface area contributed by atoms with Crippen LogP contribution >= 0.6 is 0 Å². The number of rotatable bonds is 2. The van der Waals surface area contributed by atoms with Crippen molar-refractivity contribution < 1.29 is 19.0 Å². The molecule has 0 spiro atoms. The summed E-state index contributed by atoms with van der Waals surface area (Å²) in [6.45, 7) is 0. The molecule has 2 unspecified atom stereocenters. The van der Waals surface area contributed by atoms with E-state index in [4.69, 9.17) is 9.47 Å². The van der Waals surface area contributed by atoms with Crippen LogP contribution in [0.15, 0.2) is 36.8 Å². The Morgan fingerprint density at radius 2 is 2.15 bits per heavy atom. The van der Waals surface area contributed by atoms with E-state index in [1.165, 1.54) is 18.6 Å². The Balaban J connectivity index is 1.90. The summed E-state index contributed by atoms with van der Waals surface area (Å²) in [6.07, 6.45) is 8.44. The van der Waals surface area contributed by atoms with E-state index in [9.17, 15) is 4.79 Å². The summed E-state index contributed by atoms with van der Waals surface area (Å²) in [5.74, 6) is -0.411. The second-order valence-corrected chi connectivity index (χ2v) is 2.54. The molecular weight excluding hydrogens is 172 g/mol. The Morgan fingerprint density at radius 1 is 1.23 bits per heavy atom. The zero-order valence-electron chi connectivity index (χ0n) is 6.75. The van der Waals surface area contributed by atoms with Crippen molar-refractivity contribution in [3.05, 3.63) is 36.8 Å². The predicted octanol–water partition coefficient (Wildman–Crippen LogP) is 0.868. The van der Waals surface area contributed by atoms with Gasteiger partial charge < -0.3 is 14.2 Å². The van der Waals surface area contributed by atoms with Crippen molar-refractivity contribution in [1.82, 2.24) is 0 Å². The first-order chi connectivity index (χ1) is 6.36. The molecule has 0 aromatic heterocycles. The number of esters is 1. The normalized spacial score (nSPS) is 30.3. The van der Waals surface area contributed by atoms with Crippen LogP contribution in [0.4, 0.5) is 0 Å². The molecule has 0 saturated carbocycles. The molecule has 4 nitrogen and oxygen atoms in total. The van der Waals surface area contributed by atoms with Gasteiger partial charge in [0, 0.05) is 0 Å². The molecule has 0 bridgehead atoms. The minimum Gasteiger partial charge on any atom is -0.469 e. The molecule has 4 heteroatoms. The molecule has 0 fully saturated rings. The van der Waals surface area contributed by atoms with Crippen LogP contribution in [-0.4, -0.2) is 18.4 Å². The van der Waals surface area contributed by atoms with E-state index in [0.29, 0.717) is 0 Å². The molecule has 0 amide bonds. The lowest BCUT2D eigenvalue weighted by Crippen LogP contribution is -2.26. The number of hydrogen-bond acceptors (Lipinski definition) is 4. The standard InChI is InChI=1S/C9H8O4/c10-9-7(4-6-12-9)13-8-3-1-2-5-11-8/h1-8H. The number of carbonyl (C=O) groups excluding carboxylic acids is 1. The number of cyclic esters (lactones) is 1. The average Bonchev–Trinajstić information content (AvgIpc) is 2.54. The summed E-state index contributed by atoms with van der Waals surface area (Å²) >= 11 is 0. The summed E-state index contributed by atoms with van der Waals surface area (Å²) in [5.41, 5.74) is 0. The first kappa shape index (κ1) is 8.07. The third-order valence-electron chi connectivity index (χ3n) is 1.62. The highest BCUT2D eigenvalue weighted by molar-refractivity contribution is 5.79. The van der Waals surface area contributed by atoms with E-state index in [0.717, 1.165) is 0 Å². The highest BCUT2D eigenvalue weighted by atomic mass is 16.7. The lowest BCUT2D eigenvalue weighted by Gasteiger charge is -2.17. The zero-order chi connectivity index (χ0) is 9.10. The van der Waals surface area contributed by atoms with E-state index >= 15 is 0 Å². The molecule has 0 N–H and O–H groups in total. The van der Waals surface area contributed by atoms with Gasteiger partial charge in [-0.2, -0.15) is 0 Å². The van der Waals surface area contributed by atoms with Gasteiger partial charge in [0.25, 0.3) is 0 Å². The SMILES string of the molecule is O=C1OC=CC1OC1C=CC=CO1. The molecular formula is C9H8O4. The Labute approximate surface area is 75.1 Å². The molecule has 0 saturated heterocycles. The van der Waals surface area contributed by atoms with Gasteiger partial charge in [0.05, 0.1) is 12.5 Å². The van der Waals surface area contributed by atoms with Crippen LogP contribution in [0.1, 0.15) is 0 Å². The summed E-state index contributed by atoms with van der Waals surface area (Å²) in [5, 5.41) is 0. The average molecular weight is 180 g/mol. The molecule has 0 aliphatic carbocycles. The number of carbonyl (C=O) groups is 1. The first-order valence-electron chi connectivity index (χ1n) is 3.88. The smallest absolute Gasteiger partial charge is 0.344 e. The molecule has 2 aliphatic heterocycles. The van der Waals surface area contributed by atoms with Crippen LogP contribution in [0, 0.1) is 0 Å². The Bertz CT molecular complexity index is 290. The highest BCUT2D eigenvalue weighted by Gasteiger charge is 2.25. The van der Waals surface area contributed by atoms with Crippen molar-refractivity contribution in [2.24, 2.45) is 0 Å². The van der Waals surface area contributed by atoms with Gasteiger partial charge in [0.2, 0.25) is 6.29 Å². The summed E-state index contributed by atoms with van der Waals surface area (Å²) in [7, 11) is 0. The molecule has 0 aromatic carbocycles. The first-order valence-corrected chi connectivity index (χ1v) is 3.88. The minimum atomic E-state index is -0.652. The van der Waals surface area contributed by atoms with Crippen LogP contribution in [0.25, 0.3) is 0 Å². The molecule has 2 heterocycles. The molecule has 0 radical (unpaired) electrons. The van der Waals surface area contributed by atoms with Gasteiger partial charge in [0.1, 0.15) is 0 Å². The maximum absolute atomic E-state index is 10.9. The fraction of sp³-hybridized carbons (Fsp3) is 0.222. The minimum absolute atomic E-state index is 0.411.